The van der Waals surface area contributed by atoms with Gasteiger partial charge in [-0.15, -0.1) is 0 Å². The number of nitro benzene ring substituents is 1. The van der Waals surface area contributed by atoms with Crippen molar-refractivity contribution in [2.45, 2.75) is 0 Å². The van der Waals surface area contributed by atoms with E-state index in [0.717, 1.165) is 12.1 Å². The minimum Gasteiger partial charge on any atom is -0.298 e. The van der Waals surface area contributed by atoms with E-state index in [-0.39, 0.29) is 22.0 Å². The van der Waals surface area contributed by atoms with Crippen LogP contribution in [-0.4, -0.2) is 22.3 Å². The Bertz CT molecular complexity index is 548. The number of ketones is 1. The van der Waals surface area contributed by atoms with E-state index in [1.54, 1.807) is 6.07 Å². The van der Waals surface area contributed by atoms with Crippen LogP contribution in [0.15, 0.2) is 12.1 Å². The molecule has 0 heterocycles. The molecule has 0 aliphatic rings. The third-order valence-corrected chi connectivity index (χ3v) is 2.51. The molecule has 0 spiro atoms. The molecule has 1 rings (SSSR count). The van der Waals surface area contributed by atoms with Gasteiger partial charge in [-0.05, 0) is 6.07 Å². The number of carbonyl (C=O) groups excluding carboxylic acids is 2. The average Bonchev–Trinajstić information content (AvgIpc) is 2.35. The number of nitro groups is 1. The zero-order valence-electron chi connectivity index (χ0n) is 8.34. The molecule has 0 saturated carbocycles. The molecule has 0 unspecified atom stereocenters. The fourth-order valence-corrected chi connectivity index (χ4v) is 1.60. The smallest absolute Gasteiger partial charge is 0.282 e. The molecule has 1 aromatic rings. The fourth-order valence-electron chi connectivity index (χ4n) is 1.32. The van der Waals surface area contributed by atoms with Gasteiger partial charge in [-0.25, -0.2) is 0 Å². The quantitative estimate of drug-likeness (QED) is 0.277. The monoisotopic (exact) mass is 296 g/mol. The van der Waals surface area contributed by atoms with Crippen LogP contribution in [0, 0.1) is 21.4 Å². The lowest BCUT2D eigenvalue weighted by Crippen LogP contribution is -2.09. The van der Waals surface area contributed by atoms with Crippen molar-refractivity contribution in [1.29, 1.82) is 5.26 Å². The van der Waals surface area contributed by atoms with Crippen molar-refractivity contribution in [1.82, 2.24) is 0 Å². The molecule has 1 aromatic carbocycles. The Morgan fingerprint density at radius 3 is 2.65 bits per heavy atom. The normalized spacial score (nSPS) is 9.41. The Kier molecular flexibility index (Phi) is 4.06. The molecule has 7 heteroatoms. The van der Waals surface area contributed by atoms with Crippen LogP contribution in [0.3, 0.4) is 0 Å². The first-order chi connectivity index (χ1) is 8.04. The molecule has 0 atom stereocenters. The molecule has 0 aliphatic carbocycles. The van der Waals surface area contributed by atoms with Crippen LogP contribution >= 0.6 is 15.9 Å². The number of nitriles is 1. The molecule has 0 aliphatic heterocycles. The zero-order chi connectivity index (χ0) is 13.0. The second-order valence-corrected chi connectivity index (χ2v) is 3.56. The predicted octanol–water partition coefficient (Wildman–Crippen LogP) is 1.86. The molecule has 86 valence electrons. The van der Waals surface area contributed by atoms with Crippen molar-refractivity contribution < 1.29 is 14.5 Å². The first-order valence-corrected chi connectivity index (χ1v) is 5.44. The number of carbonyl (C=O) groups is 2. The molecular formula is C10H5BrN2O4. The maximum absolute atomic E-state index is 11.5. The van der Waals surface area contributed by atoms with Crippen LogP contribution in [0.25, 0.3) is 0 Å². The topological polar surface area (TPSA) is 101 Å². The minimum absolute atomic E-state index is 0.0371. The van der Waals surface area contributed by atoms with Gasteiger partial charge in [-0.1, -0.05) is 15.9 Å². The highest BCUT2D eigenvalue weighted by molar-refractivity contribution is 9.09. The number of hydrogen-bond donors (Lipinski definition) is 0. The number of halogens is 1. The summed E-state index contributed by atoms with van der Waals surface area (Å²) in [5.41, 5.74) is -0.999. The number of Topliss-reactive ketones (excluding diaryl/α,β-unsaturated/α-hetero) is 1. The molecule has 0 aromatic heterocycles. The molecule has 17 heavy (non-hydrogen) atoms. The van der Waals surface area contributed by atoms with Gasteiger partial charge >= 0.3 is 0 Å². The van der Waals surface area contributed by atoms with E-state index in [1.807, 2.05) is 0 Å². The number of nitrogens with zero attached hydrogens (tertiary/aromatic N) is 2. The van der Waals surface area contributed by atoms with Crippen LogP contribution in [0.2, 0.25) is 0 Å². The standard InChI is InChI=1S/C10H5BrN2O4/c11-3-9(15)10-7(5-14)1-6(4-12)2-8(10)13(16)17/h1-2,5H,3H2. The number of hydrogen-bond acceptors (Lipinski definition) is 5. The van der Waals surface area contributed by atoms with Crippen LogP contribution in [0.5, 0.6) is 0 Å². The first kappa shape index (κ1) is 13.0. The summed E-state index contributed by atoms with van der Waals surface area (Å²) >= 11 is 2.88. The summed E-state index contributed by atoms with van der Waals surface area (Å²) in [4.78, 5) is 32.3. The maximum Gasteiger partial charge on any atom is 0.282 e. The highest BCUT2D eigenvalue weighted by Crippen LogP contribution is 2.24. The fraction of sp³-hybridized carbons (Fsp3) is 0.100. The lowest BCUT2D eigenvalue weighted by molar-refractivity contribution is -0.385. The van der Waals surface area contributed by atoms with Gasteiger partial charge in [0.25, 0.3) is 5.69 Å². The number of rotatable bonds is 4. The second-order valence-electron chi connectivity index (χ2n) is 3.00. The molecule has 0 bridgehead atoms. The van der Waals surface area contributed by atoms with Crippen molar-refractivity contribution in [3.05, 3.63) is 38.9 Å². The maximum atomic E-state index is 11.5. The van der Waals surface area contributed by atoms with E-state index in [0.29, 0.717) is 6.29 Å². The molecule has 0 fully saturated rings. The zero-order valence-corrected chi connectivity index (χ0v) is 9.93. The van der Waals surface area contributed by atoms with Gasteiger partial charge in [0.05, 0.1) is 21.9 Å². The second kappa shape index (κ2) is 5.32. The van der Waals surface area contributed by atoms with Gasteiger partial charge in [0.15, 0.2) is 12.1 Å². The van der Waals surface area contributed by atoms with E-state index in [2.05, 4.69) is 15.9 Å². The van der Waals surface area contributed by atoms with Crippen molar-refractivity contribution in [2.24, 2.45) is 0 Å². The lowest BCUT2D eigenvalue weighted by atomic mass is 10.00. The van der Waals surface area contributed by atoms with Gasteiger partial charge in [-0.3, -0.25) is 19.7 Å². The summed E-state index contributed by atoms with van der Waals surface area (Å²) < 4.78 is 0. The van der Waals surface area contributed by atoms with E-state index in [4.69, 9.17) is 5.26 Å². The van der Waals surface area contributed by atoms with E-state index in [9.17, 15) is 19.7 Å². The summed E-state index contributed by atoms with van der Waals surface area (Å²) in [6.45, 7) is 0. The van der Waals surface area contributed by atoms with Crippen LogP contribution < -0.4 is 0 Å². The highest BCUT2D eigenvalue weighted by Gasteiger charge is 2.24. The molecule has 6 nitrogen and oxygen atoms in total. The third kappa shape index (κ3) is 2.54. The SMILES string of the molecule is N#Cc1cc(C=O)c(C(=O)CBr)c([N+](=O)[O-])c1. The van der Waals surface area contributed by atoms with Gasteiger partial charge in [0, 0.05) is 11.6 Å². The Balaban J connectivity index is 3.65. The largest absolute Gasteiger partial charge is 0.298 e. The molecule has 0 radical (unpaired) electrons. The summed E-state index contributed by atoms with van der Waals surface area (Å²) in [5.74, 6) is -0.580. The van der Waals surface area contributed by atoms with Crippen molar-refractivity contribution in [2.75, 3.05) is 5.33 Å². The highest BCUT2D eigenvalue weighted by atomic mass is 79.9. The van der Waals surface area contributed by atoms with Crippen molar-refractivity contribution in [3.8, 4) is 6.07 Å². The summed E-state index contributed by atoms with van der Waals surface area (Å²) in [6, 6.07) is 3.82. The van der Waals surface area contributed by atoms with E-state index < -0.39 is 16.4 Å². The molecular weight excluding hydrogens is 292 g/mol. The molecule has 0 N–H and O–H groups in total. The van der Waals surface area contributed by atoms with Crippen molar-refractivity contribution >= 4 is 33.7 Å². The van der Waals surface area contributed by atoms with Gasteiger partial charge in [0.2, 0.25) is 0 Å². The Labute approximate surface area is 104 Å². The Hall–Kier alpha value is -2.07. The van der Waals surface area contributed by atoms with E-state index in [1.165, 1.54) is 0 Å². The van der Waals surface area contributed by atoms with E-state index >= 15 is 0 Å². The molecule has 0 amide bonds. The van der Waals surface area contributed by atoms with Crippen LogP contribution in [0.4, 0.5) is 5.69 Å². The van der Waals surface area contributed by atoms with Gasteiger partial charge in [0.1, 0.15) is 5.56 Å². The van der Waals surface area contributed by atoms with Gasteiger partial charge < -0.3 is 0 Å². The number of benzene rings is 1. The van der Waals surface area contributed by atoms with Crippen LogP contribution in [-0.2, 0) is 0 Å². The Morgan fingerprint density at radius 2 is 2.24 bits per heavy atom. The third-order valence-electron chi connectivity index (χ3n) is 2.00. The summed E-state index contributed by atoms with van der Waals surface area (Å²) in [6.07, 6.45) is 0.323. The lowest BCUT2D eigenvalue weighted by Gasteiger charge is -2.03. The first-order valence-electron chi connectivity index (χ1n) is 4.32. The van der Waals surface area contributed by atoms with Crippen molar-refractivity contribution in [3.63, 3.8) is 0 Å². The molecule has 0 saturated heterocycles. The van der Waals surface area contributed by atoms with Gasteiger partial charge in [-0.2, -0.15) is 5.26 Å². The summed E-state index contributed by atoms with van der Waals surface area (Å²) in [5, 5.41) is 19.3. The Morgan fingerprint density at radius 1 is 1.59 bits per heavy atom. The minimum atomic E-state index is -0.788. The van der Waals surface area contributed by atoms with Crippen LogP contribution in [0.1, 0.15) is 26.3 Å². The summed E-state index contributed by atoms with van der Waals surface area (Å²) in [7, 11) is 0. The average molecular weight is 297 g/mol. The number of alkyl halides is 1. The predicted molar refractivity (Wildman–Crippen MR) is 61.3 cm³/mol. The number of aldehydes is 1.